The molecule has 0 radical (unpaired) electrons. The van der Waals surface area contributed by atoms with Gasteiger partial charge in [-0.15, -0.1) is 0 Å². The molecule has 0 saturated carbocycles. The van der Waals surface area contributed by atoms with Crippen LogP contribution < -0.4 is 0 Å². The lowest BCUT2D eigenvalue weighted by Crippen LogP contribution is -2.53. The van der Waals surface area contributed by atoms with Gasteiger partial charge in [-0.1, -0.05) is 13.8 Å². The molecule has 0 aromatic heterocycles. The van der Waals surface area contributed by atoms with Gasteiger partial charge in [0.25, 0.3) is 0 Å². The molecule has 0 amide bonds. The molecule has 4 nitrogen and oxygen atoms in total. The summed E-state index contributed by atoms with van der Waals surface area (Å²) in [5, 5.41) is 0. The Balaban J connectivity index is 5.02. The summed E-state index contributed by atoms with van der Waals surface area (Å²) in [6.07, 6.45) is 2.06. The summed E-state index contributed by atoms with van der Waals surface area (Å²) in [5.41, 5.74) is 0. The van der Waals surface area contributed by atoms with Crippen LogP contribution >= 0.6 is 11.8 Å². The third kappa shape index (κ3) is 4.84. The van der Waals surface area contributed by atoms with Gasteiger partial charge >= 0.3 is 17.1 Å². The average molecular weight is 327 g/mol. The predicted octanol–water partition coefficient (Wildman–Crippen LogP) is 3.08. The largest absolute Gasteiger partial charge is 0.397 e. The maximum absolute atomic E-state index is 5.69. The minimum atomic E-state index is -2.14. The van der Waals surface area contributed by atoms with E-state index in [1.54, 1.807) is 28.4 Å². The van der Waals surface area contributed by atoms with Gasteiger partial charge in [-0.2, -0.15) is 11.8 Å². The summed E-state index contributed by atoms with van der Waals surface area (Å²) in [6, 6.07) is 0. The van der Waals surface area contributed by atoms with Gasteiger partial charge in [-0.05, 0) is 25.9 Å². The van der Waals surface area contributed by atoms with Crippen molar-refractivity contribution in [1.29, 1.82) is 0 Å². The van der Waals surface area contributed by atoms with E-state index in [1.807, 2.05) is 11.8 Å². The molecule has 7 heteroatoms. The summed E-state index contributed by atoms with van der Waals surface area (Å²) < 4.78 is 22.8. The Labute approximate surface area is 125 Å². The van der Waals surface area contributed by atoms with Crippen molar-refractivity contribution >= 4 is 28.9 Å². The van der Waals surface area contributed by atoms with Crippen LogP contribution in [0.25, 0.3) is 0 Å². The van der Waals surface area contributed by atoms with E-state index in [2.05, 4.69) is 26.9 Å². The molecule has 0 saturated heterocycles. The van der Waals surface area contributed by atoms with Crippen LogP contribution in [0.5, 0.6) is 0 Å². The second-order valence-corrected chi connectivity index (χ2v) is 14.1. The van der Waals surface area contributed by atoms with Crippen LogP contribution in [0.1, 0.15) is 26.7 Å². The molecule has 116 valence electrons. The van der Waals surface area contributed by atoms with Crippen molar-refractivity contribution in [2.75, 3.05) is 28.4 Å². The lowest BCUT2D eigenvalue weighted by molar-refractivity contribution is 0.244. The monoisotopic (exact) mass is 326 g/mol. The van der Waals surface area contributed by atoms with Gasteiger partial charge in [-0.3, -0.25) is 0 Å². The Morgan fingerprint density at radius 1 is 0.737 bits per heavy atom. The zero-order valence-corrected chi connectivity index (χ0v) is 16.4. The zero-order valence-electron chi connectivity index (χ0n) is 13.6. The van der Waals surface area contributed by atoms with Crippen molar-refractivity contribution in [3.05, 3.63) is 0 Å². The molecule has 0 N–H and O–H groups in total. The van der Waals surface area contributed by atoms with Gasteiger partial charge in [0.05, 0.1) is 0 Å². The van der Waals surface area contributed by atoms with Crippen molar-refractivity contribution in [3.63, 3.8) is 0 Å². The highest BCUT2D eigenvalue weighted by atomic mass is 32.2. The van der Waals surface area contributed by atoms with Crippen molar-refractivity contribution in [2.45, 2.75) is 49.5 Å². The molecule has 0 aromatic rings. The molecule has 0 aromatic carbocycles. The second-order valence-electron chi connectivity index (χ2n) is 4.78. The molecule has 2 atom stereocenters. The minimum Gasteiger partial charge on any atom is -0.397 e. The van der Waals surface area contributed by atoms with Crippen molar-refractivity contribution in [1.82, 2.24) is 0 Å². The first-order valence-electron chi connectivity index (χ1n) is 6.73. The maximum Gasteiger partial charge on any atom is 0.347 e. The maximum atomic E-state index is 5.69. The molecule has 0 aliphatic heterocycles. The molecule has 19 heavy (non-hydrogen) atoms. The number of hydrogen-bond acceptors (Lipinski definition) is 5. The van der Waals surface area contributed by atoms with Crippen LogP contribution in [-0.2, 0) is 17.7 Å². The van der Waals surface area contributed by atoms with E-state index in [-0.39, 0.29) is 0 Å². The van der Waals surface area contributed by atoms with Crippen molar-refractivity contribution in [2.24, 2.45) is 0 Å². The molecule has 0 bridgehead atoms. The molecule has 0 aliphatic rings. The SMILES string of the molecule is CCC(SC(CC)[Si](C)(OC)OC)[Si](C)(OC)OC. The van der Waals surface area contributed by atoms with Crippen LogP contribution in [0.3, 0.4) is 0 Å². The van der Waals surface area contributed by atoms with E-state index in [1.165, 1.54) is 0 Å². The highest BCUT2D eigenvalue weighted by Crippen LogP contribution is 2.35. The van der Waals surface area contributed by atoms with E-state index in [9.17, 15) is 0 Å². The van der Waals surface area contributed by atoms with Crippen LogP contribution in [0.4, 0.5) is 0 Å². The first-order valence-corrected chi connectivity index (χ1v) is 12.5. The molecule has 0 spiro atoms. The summed E-state index contributed by atoms with van der Waals surface area (Å²) in [5.74, 6) is 0. The third-order valence-electron chi connectivity index (χ3n) is 3.86. The zero-order chi connectivity index (χ0) is 15.1. The fourth-order valence-corrected chi connectivity index (χ4v) is 10.2. The first-order chi connectivity index (χ1) is 8.87. The fraction of sp³-hybridized carbons (Fsp3) is 1.00. The molecule has 0 aliphatic carbocycles. The lowest BCUT2D eigenvalue weighted by atomic mass is 10.6. The lowest BCUT2D eigenvalue weighted by Gasteiger charge is -2.37. The van der Waals surface area contributed by atoms with E-state index in [0.29, 0.717) is 9.75 Å². The quantitative estimate of drug-likeness (QED) is 0.577. The smallest absolute Gasteiger partial charge is 0.347 e. The van der Waals surface area contributed by atoms with E-state index in [0.717, 1.165) is 12.8 Å². The van der Waals surface area contributed by atoms with E-state index >= 15 is 0 Å². The van der Waals surface area contributed by atoms with Crippen molar-refractivity contribution < 1.29 is 17.7 Å². The standard InChI is InChI=1S/C12H30O4SSi2/c1-9-11(18(7,13-3)14-4)17-12(10-2)19(8,15-5)16-6/h11-12H,9-10H2,1-8H3. The van der Waals surface area contributed by atoms with Gasteiger partial charge in [-0.25, -0.2) is 0 Å². The van der Waals surface area contributed by atoms with Gasteiger partial charge in [0, 0.05) is 38.2 Å². The van der Waals surface area contributed by atoms with Gasteiger partial charge in [0.2, 0.25) is 0 Å². The minimum absolute atomic E-state index is 0.379. The van der Waals surface area contributed by atoms with Gasteiger partial charge < -0.3 is 17.7 Å². The van der Waals surface area contributed by atoms with Gasteiger partial charge in [0.1, 0.15) is 0 Å². The molecular weight excluding hydrogens is 296 g/mol. The molecule has 2 unspecified atom stereocenters. The van der Waals surface area contributed by atoms with Crippen LogP contribution in [0.2, 0.25) is 13.1 Å². The Morgan fingerprint density at radius 2 is 1.00 bits per heavy atom. The number of rotatable bonds is 10. The Hall–Kier alpha value is 0.624. The Bertz CT molecular complexity index is 224. The van der Waals surface area contributed by atoms with Crippen LogP contribution in [0, 0.1) is 0 Å². The van der Waals surface area contributed by atoms with Crippen molar-refractivity contribution in [3.8, 4) is 0 Å². The highest BCUT2D eigenvalue weighted by Gasteiger charge is 2.46. The number of thioether (sulfide) groups is 1. The van der Waals surface area contributed by atoms with E-state index < -0.39 is 17.1 Å². The summed E-state index contributed by atoms with van der Waals surface area (Å²) >= 11 is 1.93. The summed E-state index contributed by atoms with van der Waals surface area (Å²) in [7, 11) is 2.74. The first kappa shape index (κ1) is 19.6. The van der Waals surface area contributed by atoms with Crippen LogP contribution in [-0.4, -0.2) is 55.3 Å². The summed E-state index contributed by atoms with van der Waals surface area (Å²) in [4.78, 5) is 0.758. The molecule has 0 heterocycles. The van der Waals surface area contributed by atoms with E-state index in [4.69, 9.17) is 17.7 Å². The second kappa shape index (κ2) is 8.81. The fourth-order valence-electron chi connectivity index (χ4n) is 2.07. The third-order valence-corrected chi connectivity index (χ3v) is 15.0. The number of hydrogen-bond donors (Lipinski definition) is 0. The highest BCUT2D eigenvalue weighted by molar-refractivity contribution is 8.03. The van der Waals surface area contributed by atoms with Crippen LogP contribution in [0.15, 0.2) is 0 Å². The molecule has 0 rings (SSSR count). The normalized spacial score (nSPS) is 16.4. The summed E-state index contributed by atoms with van der Waals surface area (Å²) in [6.45, 7) is 8.62. The average Bonchev–Trinajstić information content (AvgIpc) is 2.46. The Morgan fingerprint density at radius 3 is 1.16 bits per heavy atom. The topological polar surface area (TPSA) is 36.9 Å². The Kier molecular flexibility index (Phi) is 9.10. The van der Waals surface area contributed by atoms with Gasteiger partial charge in [0.15, 0.2) is 0 Å². The predicted molar refractivity (Wildman–Crippen MR) is 87.0 cm³/mol. The molecular formula is C12H30O4SSi2. The molecule has 0 fully saturated rings.